The van der Waals surface area contributed by atoms with E-state index >= 15 is 0 Å². The van der Waals surface area contributed by atoms with Crippen molar-refractivity contribution in [3.05, 3.63) is 62.9 Å². The molecular formula is C14H14N2O3. The summed E-state index contributed by atoms with van der Waals surface area (Å²) in [7, 11) is 0. The van der Waals surface area contributed by atoms with Gasteiger partial charge in [0.1, 0.15) is 5.75 Å². The lowest BCUT2D eigenvalue weighted by molar-refractivity contribution is 0.258. The number of hydrogen-bond donors (Lipinski definition) is 1. The van der Waals surface area contributed by atoms with Crippen molar-refractivity contribution in [1.29, 1.82) is 0 Å². The predicted octanol–water partition coefficient (Wildman–Crippen LogP) is 1.10. The third kappa shape index (κ3) is 2.31. The van der Waals surface area contributed by atoms with Crippen LogP contribution in [-0.2, 0) is 6.54 Å². The van der Waals surface area contributed by atoms with Crippen molar-refractivity contribution in [2.24, 2.45) is 0 Å². The van der Waals surface area contributed by atoms with E-state index in [1.165, 1.54) is 10.6 Å². The van der Waals surface area contributed by atoms with E-state index in [-0.39, 0.29) is 17.2 Å². The van der Waals surface area contributed by atoms with Gasteiger partial charge in [0.2, 0.25) is 0 Å². The summed E-state index contributed by atoms with van der Waals surface area (Å²) in [6, 6.07) is 9.24. The highest BCUT2D eigenvalue weighted by Crippen LogP contribution is 2.33. The minimum atomic E-state index is -0.367. The minimum Gasteiger partial charge on any atom is -0.493 e. The van der Waals surface area contributed by atoms with Crippen molar-refractivity contribution in [3.8, 4) is 5.75 Å². The molecule has 1 aliphatic heterocycles. The lowest BCUT2D eigenvalue weighted by Gasteiger charge is -2.26. The molecule has 0 saturated heterocycles. The third-order valence-corrected chi connectivity index (χ3v) is 3.40. The van der Waals surface area contributed by atoms with E-state index in [2.05, 4.69) is 4.98 Å². The molecule has 98 valence electrons. The van der Waals surface area contributed by atoms with Crippen molar-refractivity contribution < 1.29 is 4.74 Å². The zero-order valence-corrected chi connectivity index (χ0v) is 10.3. The van der Waals surface area contributed by atoms with Crippen LogP contribution in [0.25, 0.3) is 0 Å². The molecule has 5 nitrogen and oxygen atoms in total. The van der Waals surface area contributed by atoms with Gasteiger partial charge in [-0.15, -0.1) is 0 Å². The van der Waals surface area contributed by atoms with Crippen LogP contribution in [0, 0.1) is 0 Å². The number of aromatic amines is 1. The number of rotatable bonds is 2. The van der Waals surface area contributed by atoms with Crippen molar-refractivity contribution >= 4 is 0 Å². The standard InChI is InChI=1S/C14H14N2O3/c17-13-5-7-16(14(18)15-13)9-10-6-8-19-12-4-2-1-3-11(10)12/h1-5,7,10H,6,8-9H2,(H,15,17,18). The number of para-hydroxylation sites is 1. The largest absolute Gasteiger partial charge is 0.493 e. The van der Waals surface area contributed by atoms with E-state index in [9.17, 15) is 9.59 Å². The molecule has 0 amide bonds. The van der Waals surface area contributed by atoms with Gasteiger partial charge in [0.05, 0.1) is 6.61 Å². The molecule has 3 rings (SSSR count). The number of fused-ring (bicyclic) bond motifs is 1. The molecule has 2 aromatic rings. The Bertz CT molecular complexity index is 702. The zero-order chi connectivity index (χ0) is 13.2. The summed E-state index contributed by atoms with van der Waals surface area (Å²) in [5.41, 5.74) is 0.386. The molecule has 19 heavy (non-hydrogen) atoms. The van der Waals surface area contributed by atoms with Crippen molar-refractivity contribution in [3.63, 3.8) is 0 Å². The molecule has 1 aliphatic rings. The molecule has 1 N–H and O–H groups in total. The molecule has 0 radical (unpaired) electrons. The maximum Gasteiger partial charge on any atom is 0.328 e. The summed E-state index contributed by atoms with van der Waals surface area (Å²) in [6.45, 7) is 1.20. The monoisotopic (exact) mass is 258 g/mol. The third-order valence-electron chi connectivity index (χ3n) is 3.40. The lowest BCUT2D eigenvalue weighted by atomic mass is 9.93. The molecule has 0 saturated carbocycles. The Balaban J connectivity index is 1.93. The molecule has 2 heterocycles. The molecule has 1 unspecified atom stereocenters. The topological polar surface area (TPSA) is 64.1 Å². The fourth-order valence-electron chi connectivity index (χ4n) is 2.43. The van der Waals surface area contributed by atoms with Crippen molar-refractivity contribution in [1.82, 2.24) is 9.55 Å². The van der Waals surface area contributed by atoms with Gasteiger partial charge in [-0.2, -0.15) is 0 Å². The van der Waals surface area contributed by atoms with Crippen LogP contribution in [-0.4, -0.2) is 16.2 Å². The highest BCUT2D eigenvalue weighted by atomic mass is 16.5. The van der Waals surface area contributed by atoms with Gasteiger partial charge in [0.25, 0.3) is 5.56 Å². The lowest BCUT2D eigenvalue weighted by Crippen LogP contribution is -2.31. The van der Waals surface area contributed by atoms with Gasteiger partial charge in [-0.3, -0.25) is 14.3 Å². The van der Waals surface area contributed by atoms with Gasteiger partial charge in [-0.1, -0.05) is 18.2 Å². The quantitative estimate of drug-likeness (QED) is 0.877. The summed E-state index contributed by atoms with van der Waals surface area (Å²) >= 11 is 0. The van der Waals surface area contributed by atoms with Gasteiger partial charge in [-0.05, 0) is 18.1 Å². The first-order chi connectivity index (χ1) is 9.24. The molecule has 1 atom stereocenters. The summed E-state index contributed by atoms with van der Waals surface area (Å²) in [5.74, 6) is 1.12. The zero-order valence-electron chi connectivity index (χ0n) is 10.3. The van der Waals surface area contributed by atoms with Crippen LogP contribution < -0.4 is 16.0 Å². The van der Waals surface area contributed by atoms with E-state index < -0.39 is 0 Å². The second-order valence-electron chi connectivity index (χ2n) is 4.63. The van der Waals surface area contributed by atoms with E-state index in [1.807, 2.05) is 24.3 Å². The van der Waals surface area contributed by atoms with E-state index in [4.69, 9.17) is 4.74 Å². The maximum atomic E-state index is 11.7. The van der Waals surface area contributed by atoms with Crippen molar-refractivity contribution in [2.75, 3.05) is 6.61 Å². The molecule has 0 spiro atoms. The predicted molar refractivity (Wildman–Crippen MR) is 70.6 cm³/mol. The van der Waals surface area contributed by atoms with Crippen LogP contribution in [0.2, 0.25) is 0 Å². The Morgan fingerprint density at radius 3 is 2.95 bits per heavy atom. The number of nitrogens with one attached hydrogen (secondary N) is 1. The van der Waals surface area contributed by atoms with E-state index in [1.54, 1.807) is 6.20 Å². The SMILES string of the molecule is O=c1ccn(CC2CCOc3ccccc32)c(=O)[nH]1. The van der Waals surface area contributed by atoms with Crippen LogP contribution in [0.5, 0.6) is 5.75 Å². The highest BCUT2D eigenvalue weighted by Gasteiger charge is 2.21. The first-order valence-corrected chi connectivity index (χ1v) is 6.25. The Labute approximate surface area is 109 Å². The summed E-state index contributed by atoms with van der Waals surface area (Å²) in [6.07, 6.45) is 2.40. The Morgan fingerprint density at radius 2 is 2.11 bits per heavy atom. The van der Waals surface area contributed by atoms with Gasteiger partial charge >= 0.3 is 5.69 Å². The number of H-pyrrole nitrogens is 1. The number of ether oxygens (including phenoxy) is 1. The number of benzene rings is 1. The maximum absolute atomic E-state index is 11.7. The number of aromatic nitrogens is 2. The Kier molecular flexibility index (Phi) is 2.95. The molecular weight excluding hydrogens is 244 g/mol. The Morgan fingerprint density at radius 1 is 1.26 bits per heavy atom. The average Bonchev–Trinajstić information content (AvgIpc) is 2.42. The molecule has 1 aromatic heterocycles. The second kappa shape index (κ2) is 4.76. The summed E-state index contributed by atoms with van der Waals surface area (Å²) in [5, 5.41) is 0. The van der Waals surface area contributed by atoms with Crippen LogP contribution >= 0.6 is 0 Å². The molecule has 5 heteroatoms. The normalized spacial score (nSPS) is 17.6. The summed E-state index contributed by atoms with van der Waals surface area (Å²) < 4.78 is 7.13. The molecule has 0 bridgehead atoms. The van der Waals surface area contributed by atoms with Gasteiger partial charge in [-0.25, -0.2) is 4.79 Å². The number of hydrogen-bond acceptors (Lipinski definition) is 3. The average molecular weight is 258 g/mol. The highest BCUT2D eigenvalue weighted by molar-refractivity contribution is 5.37. The minimum absolute atomic E-state index is 0.230. The summed E-state index contributed by atoms with van der Waals surface area (Å²) in [4.78, 5) is 25.0. The first kappa shape index (κ1) is 11.8. The number of nitrogens with zero attached hydrogens (tertiary/aromatic N) is 1. The van der Waals surface area contributed by atoms with Gasteiger partial charge in [0, 0.05) is 24.7 Å². The molecule has 0 fully saturated rings. The van der Waals surface area contributed by atoms with Gasteiger partial charge in [0.15, 0.2) is 0 Å². The fourth-order valence-corrected chi connectivity index (χ4v) is 2.43. The fraction of sp³-hybridized carbons (Fsp3) is 0.286. The van der Waals surface area contributed by atoms with Crippen LogP contribution in [0.15, 0.2) is 46.1 Å². The smallest absolute Gasteiger partial charge is 0.328 e. The van der Waals surface area contributed by atoms with E-state index in [0.29, 0.717) is 13.2 Å². The second-order valence-corrected chi connectivity index (χ2v) is 4.63. The van der Waals surface area contributed by atoms with Crippen molar-refractivity contribution in [2.45, 2.75) is 18.9 Å². The van der Waals surface area contributed by atoms with Crippen LogP contribution in [0.1, 0.15) is 17.9 Å². The first-order valence-electron chi connectivity index (χ1n) is 6.25. The van der Waals surface area contributed by atoms with Gasteiger partial charge < -0.3 is 4.74 Å². The molecule has 1 aromatic carbocycles. The van der Waals surface area contributed by atoms with Crippen LogP contribution in [0.3, 0.4) is 0 Å². The van der Waals surface area contributed by atoms with Crippen LogP contribution in [0.4, 0.5) is 0 Å². The van der Waals surface area contributed by atoms with E-state index in [0.717, 1.165) is 17.7 Å². The Hall–Kier alpha value is -2.30. The molecule has 0 aliphatic carbocycles.